The quantitative estimate of drug-likeness (QED) is 0.498. The number of rotatable bonds is 3. The molecule has 1 aromatic rings. The molecular weight excluding hydrogens is 249 g/mol. The van der Waals surface area contributed by atoms with Crippen LogP contribution in [0.1, 0.15) is 18.9 Å². The molecule has 2 N–H and O–H groups in total. The highest BCUT2D eigenvalue weighted by molar-refractivity contribution is 6.06. The Balaban J connectivity index is 2.88. The van der Waals surface area contributed by atoms with E-state index < -0.39 is 18.5 Å². The Morgan fingerprint density at radius 3 is 2.56 bits per heavy atom. The van der Waals surface area contributed by atoms with E-state index in [1.54, 1.807) is 12.1 Å². The summed E-state index contributed by atoms with van der Waals surface area (Å²) in [5.74, 6) is -1.17. The van der Waals surface area contributed by atoms with Gasteiger partial charge in [-0.1, -0.05) is 23.4 Å². The van der Waals surface area contributed by atoms with Gasteiger partial charge in [0.05, 0.1) is 5.71 Å². The topological polar surface area (TPSA) is 61.7 Å². The molecule has 0 unspecified atom stereocenters. The van der Waals surface area contributed by atoms with Crippen molar-refractivity contribution >= 4 is 17.3 Å². The number of alkyl halides is 3. The van der Waals surface area contributed by atoms with Gasteiger partial charge < -0.3 is 10.5 Å². The van der Waals surface area contributed by atoms with Crippen LogP contribution in [0.25, 0.3) is 0 Å². The highest BCUT2D eigenvalue weighted by Gasteiger charge is 2.31. The summed E-state index contributed by atoms with van der Waals surface area (Å²) in [5, 5.41) is 13.7. The summed E-state index contributed by atoms with van der Waals surface area (Å²) in [5.41, 5.74) is 0.718. The van der Waals surface area contributed by atoms with Crippen molar-refractivity contribution in [1.82, 2.24) is 0 Å². The molecule has 1 aromatic carbocycles. The van der Waals surface area contributed by atoms with Crippen molar-refractivity contribution in [3.8, 4) is 0 Å². The summed E-state index contributed by atoms with van der Waals surface area (Å²) in [6.07, 6.45) is -6.12. The molecule has 0 aromatic heterocycles. The first-order valence-corrected chi connectivity index (χ1v) is 4.98. The first-order chi connectivity index (χ1) is 8.33. The van der Waals surface area contributed by atoms with Gasteiger partial charge in [0.1, 0.15) is 6.42 Å². The predicted molar refractivity (Wildman–Crippen MR) is 59.7 cm³/mol. The Hall–Kier alpha value is -2.05. The maximum Gasteiger partial charge on any atom is 0.397 e. The summed E-state index contributed by atoms with van der Waals surface area (Å²) in [6, 6.07) is 6.12. The maximum atomic E-state index is 12.0. The average molecular weight is 260 g/mol. The van der Waals surface area contributed by atoms with E-state index in [4.69, 9.17) is 5.21 Å². The summed E-state index contributed by atoms with van der Waals surface area (Å²) in [7, 11) is 0. The number of nitrogens with zero attached hydrogens (tertiary/aromatic N) is 1. The van der Waals surface area contributed by atoms with Crippen molar-refractivity contribution in [2.75, 3.05) is 5.32 Å². The minimum Gasteiger partial charge on any atom is -0.411 e. The van der Waals surface area contributed by atoms with Gasteiger partial charge in [0.2, 0.25) is 5.91 Å². The standard InChI is InChI=1S/C11H11F3N2O2/c1-7(16-18)8-4-2-3-5-9(8)15-10(17)6-11(12,13)14/h2-5,18H,6H2,1H3,(H,15,17)/b16-7+. The number of hydrogen-bond acceptors (Lipinski definition) is 3. The van der Waals surface area contributed by atoms with E-state index in [1.807, 2.05) is 0 Å². The van der Waals surface area contributed by atoms with Crippen LogP contribution in [0, 0.1) is 0 Å². The van der Waals surface area contributed by atoms with Crippen molar-refractivity contribution in [1.29, 1.82) is 0 Å². The van der Waals surface area contributed by atoms with Crippen molar-refractivity contribution in [3.05, 3.63) is 29.8 Å². The van der Waals surface area contributed by atoms with E-state index >= 15 is 0 Å². The fourth-order valence-electron chi connectivity index (χ4n) is 1.34. The number of para-hydroxylation sites is 1. The Labute approximate surface area is 101 Å². The van der Waals surface area contributed by atoms with Crippen molar-refractivity contribution in [2.24, 2.45) is 5.16 Å². The number of anilines is 1. The minimum atomic E-state index is -4.56. The fourth-order valence-corrected chi connectivity index (χ4v) is 1.34. The molecule has 0 saturated carbocycles. The molecule has 0 fully saturated rings. The molecule has 0 aliphatic rings. The van der Waals surface area contributed by atoms with Gasteiger partial charge in [-0.15, -0.1) is 0 Å². The molecule has 0 saturated heterocycles. The number of oxime groups is 1. The van der Waals surface area contributed by atoms with Gasteiger partial charge in [-0.25, -0.2) is 0 Å². The van der Waals surface area contributed by atoms with Gasteiger partial charge in [-0.05, 0) is 13.0 Å². The van der Waals surface area contributed by atoms with Crippen molar-refractivity contribution < 1.29 is 23.2 Å². The Morgan fingerprint density at radius 1 is 1.39 bits per heavy atom. The number of halogens is 3. The van der Waals surface area contributed by atoms with Crippen molar-refractivity contribution in [2.45, 2.75) is 19.5 Å². The lowest BCUT2D eigenvalue weighted by molar-refractivity contribution is -0.150. The third-order valence-corrected chi connectivity index (χ3v) is 2.10. The summed E-state index contributed by atoms with van der Waals surface area (Å²) in [4.78, 5) is 11.2. The maximum absolute atomic E-state index is 12.0. The Morgan fingerprint density at radius 2 is 2.00 bits per heavy atom. The fraction of sp³-hybridized carbons (Fsp3) is 0.273. The Kier molecular flexibility index (Phi) is 4.30. The zero-order valence-electron chi connectivity index (χ0n) is 9.45. The first-order valence-electron chi connectivity index (χ1n) is 4.98. The molecule has 0 heterocycles. The summed E-state index contributed by atoms with van der Waals surface area (Å²) < 4.78 is 36.0. The average Bonchev–Trinajstić information content (AvgIpc) is 2.26. The third kappa shape index (κ3) is 4.08. The second-order valence-corrected chi connectivity index (χ2v) is 3.57. The summed E-state index contributed by atoms with van der Waals surface area (Å²) >= 11 is 0. The van der Waals surface area contributed by atoms with Crippen LogP contribution in [0.4, 0.5) is 18.9 Å². The lowest BCUT2D eigenvalue weighted by Crippen LogP contribution is -2.22. The molecule has 98 valence electrons. The van der Waals surface area contributed by atoms with Crippen molar-refractivity contribution in [3.63, 3.8) is 0 Å². The third-order valence-electron chi connectivity index (χ3n) is 2.10. The van der Waals surface area contributed by atoms with Crippen LogP contribution in [-0.2, 0) is 4.79 Å². The second kappa shape index (κ2) is 5.52. The SMILES string of the molecule is C/C(=N\O)c1ccccc1NC(=O)CC(F)(F)F. The van der Waals surface area contributed by atoms with Crippen LogP contribution in [0.15, 0.2) is 29.4 Å². The Bertz CT molecular complexity index is 470. The number of benzene rings is 1. The molecule has 0 spiro atoms. The largest absolute Gasteiger partial charge is 0.411 e. The van der Waals surface area contributed by atoms with E-state index in [2.05, 4.69) is 10.5 Å². The van der Waals surface area contributed by atoms with Gasteiger partial charge in [0.25, 0.3) is 0 Å². The van der Waals surface area contributed by atoms with Gasteiger partial charge >= 0.3 is 6.18 Å². The number of nitrogens with one attached hydrogen (secondary N) is 1. The molecule has 0 atom stereocenters. The molecule has 1 rings (SSSR count). The highest BCUT2D eigenvalue weighted by atomic mass is 19.4. The van der Waals surface area contributed by atoms with Crippen LogP contribution in [-0.4, -0.2) is 23.0 Å². The van der Waals surface area contributed by atoms with Gasteiger partial charge in [-0.3, -0.25) is 4.79 Å². The minimum absolute atomic E-state index is 0.169. The molecule has 18 heavy (non-hydrogen) atoms. The van der Waals surface area contributed by atoms with Crippen LogP contribution >= 0.6 is 0 Å². The summed E-state index contributed by atoms with van der Waals surface area (Å²) in [6.45, 7) is 1.47. The monoisotopic (exact) mass is 260 g/mol. The van der Waals surface area contributed by atoms with E-state index in [1.165, 1.54) is 19.1 Å². The van der Waals surface area contributed by atoms with E-state index in [0.29, 0.717) is 5.56 Å². The molecule has 0 aliphatic heterocycles. The van der Waals surface area contributed by atoms with E-state index in [0.717, 1.165) is 0 Å². The van der Waals surface area contributed by atoms with Crippen LogP contribution < -0.4 is 5.32 Å². The predicted octanol–water partition coefficient (Wildman–Crippen LogP) is 2.78. The van der Waals surface area contributed by atoms with Crippen LogP contribution in [0.5, 0.6) is 0 Å². The van der Waals surface area contributed by atoms with E-state index in [-0.39, 0.29) is 11.4 Å². The smallest absolute Gasteiger partial charge is 0.397 e. The molecule has 1 amide bonds. The lowest BCUT2D eigenvalue weighted by atomic mass is 10.1. The zero-order chi connectivity index (χ0) is 13.8. The molecule has 4 nitrogen and oxygen atoms in total. The lowest BCUT2D eigenvalue weighted by Gasteiger charge is -2.11. The number of amides is 1. The van der Waals surface area contributed by atoms with Gasteiger partial charge in [0, 0.05) is 11.3 Å². The normalized spacial score (nSPS) is 12.3. The van der Waals surface area contributed by atoms with Gasteiger partial charge in [-0.2, -0.15) is 13.2 Å². The molecule has 0 radical (unpaired) electrons. The molecule has 7 heteroatoms. The van der Waals surface area contributed by atoms with Crippen LogP contribution in [0.3, 0.4) is 0 Å². The number of hydrogen-bond donors (Lipinski definition) is 2. The number of carbonyl (C=O) groups is 1. The molecule has 0 bridgehead atoms. The molecular formula is C11H11F3N2O2. The number of carbonyl (C=O) groups excluding carboxylic acids is 1. The van der Waals surface area contributed by atoms with Gasteiger partial charge in [0.15, 0.2) is 0 Å². The second-order valence-electron chi connectivity index (χ2n) is 3.57. The van der Waals surface area contributed by atoms with E-state index in [9.17, 15) is 18.0 Å². The zero-order valence-corrected chi connectivity index (χ0v) is 9.45. The molecule has 0 aliphatic carbocycles. The van der Waals surface area contributed by atoms with Crippen LogP contribution in [0.2, 0.25) is 0 Å². The first kappa shape index (κ1) is 14.0. The highest BCUT2D eigenvalue weighted by Crippen LogP contribution is 2.22.